The molecule has 0 saturated carbocycles. The molecular weight excluding hydrogens is 286 g/mol. The third kappa shape index (κ3) is 2.91. The average molecular weight is 302 g/mol. The van der Waals surface area contributed by atoms with E-state index in [9.17, 15) is 4.79 Å². The van der Waals surface area contributed by atoms with Crippen molar-refractivity contribution in [3.05, 3.63) is 10.3 Å². The Morgan fingerprint density at radius 1 is 1.53 bits per heavy atom. The Labute approximate surface area is 108 Å². The highest BCUT2D eigenvalue weighted by Crippen LogP contribution is 2.14. The molecule has 0 bridgehead atoms. The average Bonchev–Trinajstić information content (AvgIpc) is 2.62. The predicted octanol–water partition coefficient (Wildman–Crippen LogP) is 0.183. The number of carbonyl (C=O) groups excluding carboxylic acids is 1. The first kappa shape index (κ1) is 12.7. The molecule has 0 spiro atoms. The lowest BCUT2D eigenvalue weighted by atomic mass is 10.1. The molecule has 7 heteroatoms. The summed E-state index contributed by atoms with van der Waals surface area (Å²) in [6.45, 7) is 2.18. The van der Waals surface area contributed by atoms with Gasteiger partial charge in [-0.1, -0.05) is 5.21 Å². The van der Waals surface area contributed by atoms with Gasteiger partial charge in [0.1, 0.15) is 5.69 Å². The molecule has 6 nitrogen and oxygen atoms in total. The minimum atomic E-state index is 0.0415. The van der Waals surface area contributed by atoms with Crippen molar-refractivity contribution in [2.45, 2.75) is 18.9 Å². The Morgan fingerprint density at radius 2 is 2.18 bits per heavy atom. The Morgan fingerprint density at radius 3 is 2.71 bits per heavy atom. The number of halogens is 1. The van der Waals surface area contributed by atoms with E-state index in [1.54, 1.807) is 7.05 Å². The van der Waals surface area contributed by atoms with Gasteiger partial charge in [-0.3, -0.25) is 9.69 Å². The molecule has 0 unspecified atom stereocenters. The van der Waals surface area contributed by atoms with Crippen molar-refractivity contribution >= 4 is 21.7 Å². The highest BCUT2D eigenvalue weighted by molar-refractivity contribution is 9.10. The van der Waals surface area contributed by atoms with Gasteiger partial charge < -0.3 is 5.73 Å². The highest BCUT2D eigenvalue weighted by atomic mass is 79.9. The molecule has 1 fully saturated rings. The van der Waals surface area contributed by atoms with Crippen LogP contribution in [-0.2, 0) is 7.05 Å². The molecule has 1 aromatic heterocycles. The van der Waals surface area contributed by atoms with Crippen molar-refractivity contribution < 1.29 is 4.79 Å². The largest absolute Gasteiger partial charge is 0.328 e. The molecule has 17 heavy (non-hydrogen) atoms. The number of likely N-dealkylation sites (tertiary alicyclic amines) is 1. The maximum atomic E-state index is 12.1. The molecule has 2 N–H and O–H groups in total. The van der Waals surface area contributed by atoms with E-state index >= 15 is 0 Å². The van der Waals surface area contributed by atoms with Crippen molar-refractivity contribution in [2.75, 3.05) is 19.6 Å². The summed E-state index contributed by atoms with van der Waals surface area (Å²) < 4.78 is 2.01. The Hall–Kier alpha value is -0.790. The van der Waals surface area contributed by atoms with Gasteiger partial charge in [0.25, 0.3) is 0 Å². The fourth-order valence-electron chi connectivity index (χ4n) is 2.02. The summed E-state index contributed by atoms with van der Waals surface area (Å²) in [6.07, 6.45) is 1.91. The first-order chi connectivity index (χ1) is 8.08. The van der Waals surface area contributed by atoms with E-state index in [2.05, 4.69) is 31.1 Å². The summed E-state index contributed by atoms with van der Waals surface area (Å²) in [5, 5.41) is 7.62. The van der Waals surface area contributed by atoms with Gasteiger partial charge in [0.15, 0.2) is 10.4 Å². The number of aromatic nitrogens is 3. The molecule has 1 saturated heterocycles. The van der Waals surface area contributed by atoms with E-state index in [4.69, 9.17) is 5.73 Å². The molecule has 0 atom stereocenters. The number of piperidine rings is 1. The van der Waals surface area contributed by atoms with Crippen molar-refractivity contribution in [3.8, 4) is 0 Å². The van der Waals surface area contributed by atoms with E-state index in [0.29, 0.717) is 16.8 Å². The lowest BCUT2D eigenvalue weighted by molar-refractivity contribution is 0.0900. The van der Waals surface area contributed by atoms with Crippen LogP contribution in [0, 0.1) is 0 Å². The van der Waals surface area contributed by atoms with Crippen LogP contribution in [0.2, 0.25) is 0 Å². The van der Waals surface area contributed by atoms with E-state index in [1.165, 1.54) is 4.68 Å². The van der Waals surface area contributed by atoms with Gasteiger partial charge in [0.05, 0.1) is 6.54 Å². The van der Waals surface area contributed by atoms with Gasteiger partial charge >= 0.3 is 0 Å². The third-order valence-electron chi connectivity index (χ3n) is 3.05. The van der Waals surface area contributed by atoms with Crippen molar-refractivity contribution in [2.24, 2.45) is 12.8 Å². The normalized spacial score (nSPS) is 18.5. The topological polar surface area (TPSA) is 77.0 Å². The van der Waals surface area contributed by atoms with Gasteiger partial charge in [-0.15, -0.1) is 5.10 Å². The van der Waals surface area contributed by atoms with Crippen LogP contribution < -0.4 is 5.73 Å². The van der Waals surface area contributed by atoms with Gasteiger partial charge in [-0.25, -0.2) is 4.68 Å². The Bertz CT molecular complexity index is 391. The molecular formula is C10H16BrN5O. The number of Topliss-reactive ketones (excluding diaryl/α,β-unsaturated/α-hetero) is 1. The first-order valence-electron chi connectivity index (χ1n) is 5.64. The molecule has 2 rings (SSSR count). The number of carbonyl (C=O) groups is 1. The molecule has 2 heterocycles. The van der Waals surface area contributed by atoms with Crippen LogP contribution in [0.25, 0.3) is 0 Å². The number of ketones is 1. The molecule has 0 radical (unpaired) electrons. The van der Waals surface area contributed by atoms with E-state index in [-0.39, 0.29) is 11.8 Å². The zero-order valence-electron chi connectivity index (χ0n) is 9.77. The Kier molecular flexibility index (Phi) is 3.90. The summed E-state index contributed by atoms with van der Waals surface area (Å²) in [5.41, 5.74) is 6.36. The molecule has 1 aliphatic rings. The summed E-state index contributed by atoms with van der Waals surface area (Å²) in [7, 11) is 1.72. The predicted molar refractivity (Wildman–Crippen MR) is 66.7 cm³/mol. The van der Waals surface area contributed by atoms with Crippen LogP contribution in [0.15, 0.2) is 4.60 Å². The minimum Gasteiger partial charge on any atom is -0.328 e. The quantitative estimate of drug-likeness (QED) is 0.806. The second-order valence-corrected chi connectivity index (χ2v) is 5.14. The monoisotopic (exact) mass is 301 g/mol. The number of hydrogen-bond acceptors (Lipinski definition) is 5. The van der Waals surface area contributed by atoms with Crippen LogP contribution in [0.4, 0.5) is 0 Å². The fraction of sp³-hybridized carbons (Fsp3) is 0.700. The smallest absolute Gasteiger partial charge is 0.197 e. The second-order valence-electron chi connectivity index (χ2n) is 4.39. The molecule has 0 aromatic carbocycles. The van der Waals surface area contributed by atoms with Crippen LogP contribution in [0.5, 0.6) is 0 Å². The number of hydrogen-bond donors (Lipinski definition) is 1. The highest BCUT2D eigenvalue weighted by Gasteiger charge is 2.22. The lowest BCUT2D eigenvalue weighted by Crippen LogP contribution is -2.42. The number of aryl methyl sites for hydroxylation is 1. The molecule has 0 amide bonds. The van der Waals surface area contributed by atoms with Crippen molar-refractivity contribution in [1.82, 2.24) is 19.9 Å². The molecule has 0 aliphatic carbocycles. The Balaban J connectivity index is 1.98. The zero-order chi connectivity index (χ0) is 12.4. The lowest BCUT2D eigenvalue weighted by Gasteiger charge is -2.29. The van der Waals surface area contributed by atoms with Crippen molar-refractivity contribution in [1.29, 1.82) is 0 Å². The van der Waals surface area contributed by atoms with Gasteiger partial charge in [-0.05, 0) is 28.8 Å². The maximum Gasteiger partial charge on any atom is 0.197 e. The third-order valence-corrected chi connectivity index (χ3v) is 3.58. The van der Waals surface area contributed by atoms with Gasteiger partial charge in [0.2, 0.25) is 0 Å². The molecule has 1 aromatic rings. The standard InChI is InChI=1S/C10H16BrN5O/c1-15-9(10(11)13-14-15)8(17)6-16-4-2-7(12)3-5-16/h7H,2-6,12H2,1H3. The van der Waals surface area contributed by atoms with Crippen LogP contribution in [-0.4, -0.2) is 51.4 Å². The van der Waals surface area contributed by atoms with Crippen LogP contribution >= 0.6 is 15.9 Å². The fourth-order valence-corrected chi connectivity index (χ4v) is 2.57. The van der Waals surface area contributed by atoms with Crippen LogP contribution in [0.3, 0.4) is 0 Å². The van der Waals surface area contributed by atoms with E-state index < -0.39 is 0 Å². The molecule has 1 aliphatic heterocycles. The van der Waals surface area contributed by atoms with Gasteiger partial charge in [0, 0.05) is 26.2 Å². The summed E-state index contributed by atoms with van der Waals surface area (Å²) in [4.78, 5) is 14.2. The SMILES string of the molecule is Cn1nnc(Br)c1C(=O)CN1CCC(N)CC1. The summed E-state index contributed by atoms with van der Waals surface area (Å²) in [5.74, 6) is 0.0415. The van der Waals surface area contributed by atoms with Crippen molar-refractivity contribution in [3.63, 3.8) is 0 Å². The molecule has 94 valence electrons. The summed E-state index contributed by atoms with van der Waals surface area (Å²) in [6, 6.07) is 0.284. The van der Waals surface area contributed by atoms with Crippen LogP contribution in [0.1, 0.15) is 23.3 Å². The van der Waals surface area contributed by atoms with Gasteiger partial charge in [-0.2, -0.15) is 0 Å². The summed E-state index contributed by atoms with van der Waals surface area (Å²) >= 11 is 3.24. The second kappa shape index (κ2) is 5.24. The first-order valence-corrected chi connectivity index (χ1v) is 6.43. The zero-order valence-corrected chi connectivity index (χ0v) is 11.4. The number of nitrogens with two attached hydrogens (primary N) is 1. The van der Waals surface area contributed by atoms with E-state index in [0.717, 1.165) is 25.9 Å². The maximum absolute atomic E-state index is 12.1. The number of nitrogens with zero attached hydrogens (tertiary/aromatic N) is 4. The minimum absolute atomic E-state index is 0.0415. The number of rotatable bonds is 3. The van der Waals surface area contributed by atoms with E-state index in [1.807, 2.05) is 0 Å².